The molecule has 0 radical (unpaired) electrons. The number of ether oxygens (including phenoxy) is 1. The van der Waals surface area contributed by atoms with Crippen LogP contribution in [-0.2, 0) is 11.0 Å². The zero-order chi connectivity index (χ0) is 13.1. The van der Waals surface area contributed by atoms with Crippen molar-refractivity contribution in [2.75, 3.05) is 7.11 Å². The maximum Gasteiger partial charge on any atom is 0.144 e. The molecule has 0 saturated heterocycles. The van der Waals surface area contributed by atoms with Gasteiger partial charge in [-0.05, 0) is 39.3 Å². The summed E-state index contributed by atoms with van der Waals surface area (Å²) in [6.45, 7) is 7.66. The van der Waals surface area contributed by atoms with Crippen LogP contribution in [-0.4, -0.2) is 22.3 Å². The molecule has 0 aliphatic carbocycles. The Kier molecular flexibility index (Phi) is 4.46. The second-order valence-corrected chi connectivity index (χ2v) is 6.73. The third-order valence-corrected chi connectivity index (χ3v) is 3.60. The monoisotopic (exact) mass is 253 g/mol. The summed E-state index contributed by atoms with van der Waals surface area (Å²) in [5.41, 5.74) is 1.89. The van der Waals surface area contributed by atoms with Crippen molar-refractivity contribution in [2.24, 2.45) is 4.40 Å². The van der Waals surface area contributed by atoms with Crippen molar-refractivity contribution in [3.63, 3.8) is 0 Å². The number of aryl methyl sites for hydroxylation is 1. The van der Waals surface area contributed by atoms with Crippen LogP contribution < -0.4 is 4.74 Å². The van der Waals surface area contributed by atoms with Crippen molar-refractivity contribution in [1.29, 1.82) is 0 Å². The molecule has 0 heterocycles. The van der Waals surface area contributed by atoms with Crippen molar-refractivity contribution < 1.29 is 8.95 Å². The SMILES string of the molecule is COc1c(C)cccc1C=NS(=O)C(C)(C)C. The number of benzene rings is 1. The molecule has 3 nitrogen and oxygen atoms in total. The van der Waals surface area contributed by atoms with E-state index in [2.05, 4.69) is 4.40 Å². The lowest BCUT2D eigenvalue weighted by atomic mass is 10.1. The molecule has 1 aromatic carbocycles. The molecule has 94 valence electrons. The van der Waals surface area contributed by atoms with Crippen LogP contribution in [0.15, 0.2) is 22.6 Å². The van der Waals surface area contributed by atoms with Gasteiger partial charge < -0.3 is 4.74 Å². The number of nitrogens with zero attached hydrogens (tertiary/aromatic N) is 1. The molecule has 0 aliphatic heterocycles. The zero-order valence-electron chi connectivity index (χ0n) is 11.0. The first-order valence-electron chi connectivity index (χ1n) is 5.46. The number of rotatable bonds is 3. The first kappa shape index (κ1) is 13.9. The van der Waals surface area contributed by atoms with Gasteiger partial charge in [0.2, 0.25) is 0 Å². The summed E-state index contributed by atoms with van der Waals surface area (Å²) in [4.78, 5) is 0. The Labute approximate surface area is 106 Å². The number of hydrogen-bond donors (Lipinski definition) is 0. The maximum absolute atomic E-state index is 11.8. The van der Waals surface area contributed by atoms with Crippen LogP contribution >= 0.6 is 0 Å². The van der Waals surface area contributed by atoms with E-state index >= 15 is 0 Å². The van der Waals surface area contributed by atoms with Crippen molar-refractivity contribution in [1.82, 2.24) is 0 Å². The molecular weight excluding hydrogens is 234 g/mol. The van der Waals surface area contributed by atoms with Crippen molar-refractivity contribution in [3.8, 4) is 5.75 Å². The molecule has 0 saturated carbocycles. The van der Waals surface area contributed by atoms with Crippen LogP contribution in [0.2, 0.25) is 0 Å². The van der Waals surface area contributed by atoms with E-state index in [-0.39, 0.29) is 4.75 Å². The fraction of sp³-hybridized carbons (Fsp3) is 0.462. The van der Waals surface area contributed by atoms with Gasteiger partial charge in [-0.1, -0.05) is 12.1 Å². The maximum atomic E-state index is 11.8. The Hall–Kier alpha value is -1.16. The predicted molar refractivity (Wildman–Crippen MR) is 73.2 cm³/mol. The molecule has 0 aromatic heterocycles. The summed E-state index contributed by atoms with van der Waals surface area (Å²) in [6.07, 6.45) is 1.62. The van der Waals surface area contributed by atoms with Gasteiger partial charge in [-0.3, -0.25) is 0 Å². The van der Waals surface area contributed by atoms with Crippen LogP contribution in [0.25, 0.3) is 0 Å². The molecule has 0 aliphatic rings. The molecule has 1 aromatic rings. The molecule has 0 fully saturated rings. The first-order valence-corrected chi connectivity index (χ1v) is 6.56. The summed E-state index contributed by atoms with van der Waals surface area (Å²) < 4.78 is 20.8. The Bertz CT molecular complexity index is 447. The van der Waals surface area contributed by atoms with Gasteiger partial charge in [0.05, 0.1) is 11.9 Å². The molecule has 4 heteroatoms. The van der Waals surface area contributed by atoms with E-state index in [1.165, 1.54) is 0 Å². The Balaban J connectivity index is 3.00. The topological polar surface area (TPSA) is 38.7 Å². The van der Waals surface area contributed by atoms with E-state index in [0.29, 0.717) is 0 Å². The molecule has 0 N–H and O–H groups in total. The molecule has 0 spiro atoms. The summed E-state index contributed by atoms with van der Waals surface area (Å²) in [5, 5.41) is 0. The predicted octanol–water partition coefficient (Wildman–Crippen LogP) is 2.88. The fourth-order valence-corrected chi connectivity index (χ4v) is 1.84. The van der Waals surface area contributed by atoms with Gasteiger partial charge in [0.25, 0.3) is 0 Å². The number of methoxy groups -OCH3 is 1. The molecule has 0 amide bonds. The van der Waals surface area contributed by atoms with Crippen molar-refractivity contribution >= 4 is 17.2 Å². The van der Waals surface area contributed by atoms with Crippen LogP contribution in [0.1, 0.15) is 31.9 Å². The summed E-state index contributed by atoms with van der Waals surface area (Å²) >= 11 is 0. The van der Waals surface area contributed by atoms with E-state index in [9.17, 15) is 4.21 Å². The lowest BCUT2D eigenvalue weighted by molar-refractivity contribution is 0.411. The smallest absolute Gasteiger partial charge is 0.144 e. The minimum atomic E-state index is -1.24. The molecule has 0 bridgehead atoms. The van der Waals surface area contributed by atoms with Crippen LogP contribution in [0, 0.1) is 6.92 Å². The van der Waals surface area contributed by atoms with Crippen LogP contribution in [0.3, 0.4) is 0 Å². The normalized spacial score (nSPS) is 13.9. The van der Waals surface area contributed by atoms with Gasteiger partial charge >= 0.3 is 0 Å². The van der Waals surface area contributed by atoms with Crippen LogP contribution in [0.5, 0.6) is 5.75 Å². The summed E-state index contributed by atoms with van der Waals surface area (Å²) in [7, 11) is 0.385. The number of hydrogen-bond acceptors (Lipinski definition) is 2. The van der Waals surface area contributed by atoms with E-state index in [1.54, 1.807) is 13.3 Å². The van der Waals surface area contributed by atoms with Crippen molar-refractivity contribution in [2.45, 2.75) is 32.4 Å². The standard InChI is InChI=1S/C13H19NO2S/c1-10-7-6-8-11(12(10)16-5)9-14-17(15)13(2,3)4/h6-9H,1-5H3. The minimum Gasteiger partial charge on any atom is -0.496 e. The van der Waals surface area contributed by atoms with E-state index in [1.807, 2.05) is 45.9 Å². The molecule has 1 unspecified atom stereocenters. The first-order chi connectivity index (χ1) is 7.86. The third-order valence-electron chi connectivity index (χ3n) is 2.26. The highest BCUT2D eigenvalue weighted by Crippen LogP contribution is 2.21. The van der Waals surface area contributed by atoms with Crippen LogP contribution in [0.4, 0.5) is 0 Å². The van der Waals surface area contributed by atoms with Gasteiger partial charge in [0.1, 0.15) is 16.7 Å². The molecular formula is C13H19NO2S. The molecule has 17 heavy (non-hydrogen) atoms. The van der Waals surface area contributed by atoms with Gasteiger partial charge in [0, 0.05) is 11.8 Å². The highest BCUT2D eigenvalue weighted by Gasteiger charge is 2.18. The van der Waals surface area contributed by atoms with E-state index in [4.69, 9.17) is 4.74 Å². The zero-order valence-corrected chi connectivity index (χ0v) is 11.8. The van der Waals surface area contributed by atoms with E-state index in [0.717, 1.165) is 16.9 Å². The summed E-state index contributed by atoms with van der Waals surface area (Å²) in [5.74, 6) is 0.780. The van der Waals surface area contributed by atoms with Gasteiger partial charge in [-0.15, -0.1) is 0 Å². The molecule has 1 atom stereocenters. The van der Waals surface area contributed by atoms with Gasteiger partial charge in [0.15, 0.2) is 0 Å². The highest BCUT2D eigenvalue weighted by molar-refractivity contribution is 7.85. The summed E-state index contributed by atoms with van der Waals surface area (Å²) in [6, 6.07) is 5.80. The Morgan fingerprint density at radius 3 is 2.53 bits per heavy atom. The largest absolute Gasteiger partial charge is 0.496 e. The fourth-order valence-electron chi connectivity index (χ4n) is 1.32. The van der Waals surface area contributed by atoms with Gasteiger partial charge in [-0.25, -0.2) is 4.21 Å². The quantitative estimate of drug-likeness (QED) is 0.777. The minimum absolute atomic E-state index is 0.340. The highest BCUT2D eigenvalue weighted by atomic mass is 32.2. The van der Waals surface area contributed by atoms with E-state index < -0.39 is 11.0 Å². The molecule has 1 rings (SSSR count). The second-order valence-electron chi connectivity index (χ2n) is 4.79. The van der Waals surface area contributed by atoms with Gasteiger partial charge in [-0.2, -0.15) is 4.40 Å². The lowest BCUT2D eigenvalue weighted by Gasteiger charge is -2.13. The third kappa shape index (κ3) is 3.66. The number of para-hydroxylation sites is 1. The Morgan fingerprint density at radius 2 is 2.00 bits per heavy atom. The van der Waals surface area contributed by atoms with Crippen molar-refractivity contribution in [3.05, 3.63) is 29.3 Å². The Morgan fingerprint density at radius 1 is 1.35 bits per heavy atom. The lowest BCUT2D eigenvalue weighted by Crippen LogP contribution is -2.19. The average Bonchev–Trinajstić information content (AvgIpc) is 2.24. The average molecular weight is 253 g/mol. The second kappa shape index (κ2) is 5.45.